The van der Waals surface area contributed by atoms with E-state index in [2.05, 4.69) is 78.9 Å². The van der Waals surface area contributed by atoms with Gasteiger partial charge in [-0.2, -0.15) is 0 Å². The Morgan fingerprint density at radius 1 is 1.15 bits per heavy atom. The summed E-state index contributed by atoms with van der Waals surface area (Å²) in [4.78, 5) is 7.05. The first kappa shape index (κ1) is 23.1. The molecule has 3 atom stereocenters. The second kappa shape index (κ2) is 9.51. The lowest BCUT2D eigenvalue weighted by Crippen LogP contribution is -2.36. The summed E-state index contributed by atoms with van der Waals surface area (Å²) in [7, 11) is 0. The maximum atomic E-state index is 6.01. The molecule has 2 aliphatic heterocycles. The van der Waals surface area contributed by atoms with Gasteiger partial charge in [-0.25, -0.2) is 0 Å². The summed E-state index contributed by atoms with van der Waals surface area (Å²) in [6.45, 7) is 10.5. The second-order valence-corrected chi connectivity index (χ2v) is 9.90. The van der Waals surface area contributed by atoms with Gasteiger partial charge in [0.25, 0.3) is 0 Å². The molecule has 1 aromatic carbocycles. The molecule has 2 aromatic heterocycles. The van der Waals surface area contributed by atoms with E-state index >= 15 is 0 Å². The number of hydrogen-bond donors (Lipinski definition) is 1. The van der Waals surface area contributed by atoms with Gasteiger partial charge < -0.3 is 19.5 Å². The Kier molecular flexibility index (Phi) is 6.45. The first-order chi connectivity index (χ1) is 16.5. The average molecular weight is 475 g/mol. The molecular weight excluding hydrogens is 440 g/mol. The minimum Gasteiger partial charge on any atom is -0.376 e. The van der Waals surface area contributed by atoms with Gasteiger partial charge >= 0.3 is 0 Å². The zero-order valence-electron chi connectivity index (χ0n) is 20.5. The third kappa shape index (κ3) is 4.03. The first-order valence-corrected chi connectivity index (χ1v) is 12.8. The highest BCUT2D eigenvalue weighted by molar-refractivity contribution is 7.80. The molecule has 0 aliphatic carbocycles. The lowest BCUT2D eigenvalue weighted by atomic mass is 9.96. The van der Waals surface area contributed by atoms with Crippen molar-refractivity contribution in [3.8, 4) is 5.69 Å². The number of aromatic nitrogens is 2. The van der Waals surface area contributed by atoms with Crippen molar-refractivity contribution in [1.29, 1.82) is 0 Å². The largest absolute Gasteiger partial charge is 0.376 e. The number of rotatable bonds is 6. The molecule has 178 valence electrons. The zero-order valence-corrected chi connectivity index (χ0v) is 21.4. The highest BCUT2D eigenvalue weighted by atomic mass is 32.1. The molecule has 0 unspecified atom stereocenters. The molecule has 0 amide bonds. The number of para-hydroxylation sites is 1. The van der Waals surface area contributed by atoms with Gasteiger partial charge in [0, 0.05) is 30.7 Å². The Morgan fingerprint density at radius 3 is 2.71 bits per heavy atom. The lowest BCUT2D eigenvalue weighted by Gasteiger charge is -2.30. The number of ether oxygens (including phenoxy) is 1. The molecule has 2 aliphatic rings. The van der Waals surface area contributed by atoms with Crippen LogP contribution in [0, 0.1) is 20.8 Å². The predicted molar refractivity (Wildman–Crippen MR) is 140 cm³/mol. The quantitative estimate of drug-likeness (QED) is 0.477. The van der Waals surface area contributed by atoms with Crippen molar-refractivity contribution in [2.24, 2.45) is 0 Å². The number of nitrogens with zero attached hydrogens (tertiary/aromatic N) is 3. The van der Waals surface area contributed by atoms with E-state index < -0.39 is 0 Å². The van der Waals surface area contributed by atoms with Crippen LogP contribution in [0.5, 0.6) is 0 Å². The van der Waals surface area contributed by atoms with Gasteiger partial charge in [0.1, 0.15) is 0 Å². The van der Waals surface area contributed by atoms with E-state index in [9.17, 15) is 0 Å². The average Bonchev–Trinajstić information content (AvgIpc) is 3.54. The summed E-state index contributed by atoms with van der Waals surface area (Å²) in [5, 5.41) is 4.39. The topological polar surface area (TPSA) is 42.3 Å². The maximum absolute atomic E-state index is 6.01. The van der Waals surface area contributed by atoms with Crippen LogP contribution in [0.15, 0.2) is 48.7 Å². The highest BCUT2D eigenvalue weighted by Gasteiger charge is 2.42. The van der Waals surface area contributed by atoms with E-state index in [0.717, 1.165) is 43.2 Å². The molecular formula is C28H34N4OS. The van der Waals surface area contributed by atoms with Crippen LogP contribution in [-0.4, -0.2) is 38.8 Å². The van der Waals surface area contributed by atoms with Crippen LogP contribution in [0.2, 0.25) is 0 Å². The van der Waals surface area contributed by atoms with Crippen molar-refractivity contribution >= 4 is 17.3 Å². The number of thiocarbonyl (C=S) groups is 1. The van der Waals surface area contributed by atoms with Crippen LogP contribution >= 0.6 is 12.2 Å². The van der Waals surface area contributed by atoms with Crippen molar-refractivity contribution in [3.63, 3.8) is 0 Å². The second-order valence-electron chi connectivity index (χ2n) is 9.51. The summed E-state index contributed by atoms with van der Waals surface area (Å²) in [5.41, 5.74) is 8.78. The summed E-state index contributed by atoms with van der Waals surface area (Å²) in [6.07, 6.45) is 5.29. The van der Waals surface area contributed by atoms with Gasteiger partial charge in [-0.05, 0) is 87.1 Å². The maximum Gasteiger partial charge on any atom is 0.170 e. The first-order valence-electron chi connectivity index (χ1n) is 12.4. The SMILES string of the molecule is CCc1cccc(C)c1-n1c(C)cc([C@H]2[C@@H](c3ccccn3)NC(=S)N2C[C@@H]2CCCO2)c1C. The van der Waals surface area contributed by atoms with Crippen molar-refractivity contribution in [1.82, 2.24) is 19.8 Å². The predicted octanol–water partition coefficient (Wildman–Crippen LogP) is 5.51. The standard InChI is InChI=1S/C28H34N4OS/c1-5-21-11-8-10-18(2)26(21)32-19(3)16-23(20(32)4)27-25(24-13-6-7-14-29-24)30-28(34)31(27)17-22-12-9-15-33-22/h6-8,10-11,13-14,16,22,25,27H,5,9,12,15,17H2,1-4H3,(H,30,34)/t22-,25+,27-/m0/s1. The van der Waals surface area contributed by atoms with Crippen LogP contribution < -0.4 is 5.32 Å². The van der Waals surface area contributed by atoms with E-state index in [0.29, 0.717) is 0 Å². The lowest BCUT2D eigenvalue weighted by molar-refractivity contribution is 0.0842. The summed E-state index contributed by atoms with van der Waals surface area (Å²) < 4.78 is 8.45. The zero-order chi connectivity index (χ0) is 23.8. The molecule has 4 heterocycles. The Hall–Kier alpha value is -2.70. The van der Waals surface area contributed by atoms with Gasteiger partial charge in [-0.3, -0.25) is 4.98 Å². The molecule has 0 spiro atoms. The fourth-order valence-electron chi connectivity index (χ4n) is 5.70. The molecule has 0 radical (unpaired) electrons. The van der Waals surface area contributed by atoms with Gasteiger partial charge in [0.2, 0.25) is 0 Å². The van der Waals surface area contributed by atoms with Gasteiger partial charge in [0.05, 0.1) is 29.6 Å². The third-order valence-electron chi connectivity index (χ3n) is 7.34. The van der Waals surface area contributed by atoms with E-state index in [1.165, 1.54) is 33.8 Å². The minimum atomic E-state index is -0.00781. The minimum absolute atomic E-state index is 0.00781. The Balaban J connectivity index is 1.63. The Labute approximate surface area is 208 Å². The highest BCUT2D eigenvalue weighted by Crippen LogP contribution is 2.42. The van der Waals surface area contributed by atoms with Crippen LogP contribution in [0.4, 0.5) is 0 Å². The fraction of sp³-hybridized carbons (Fsp3) is 0.429. The Bertz CT molecular complexity index is 1180. The van der Waals surface area contributed by atoms with Crippen LogP contribution in [-0.2, 0) is 11.2 Å². The normalized spacial score (nSPS) is 22.4. The van der Waals surface area contributed by atoms with Crippen molar-refractivity contribution < 1.29 is 4.74 Å². The van der Waals surface area contributed by atoms with Crippen molar-refractivity contribution in [2.75, 3.05) is 13.2 Å². The number of pyridine rings is 1. The van der Waals surface area contributed by atoms with E-state index in [4.69, 9.17) is 21.9 Å². The van der Waals surface area contributed by atoms with Crippen LogP contribution in [0.3, 0.4) is 0 Å². The van der Waals surface area contributed by atoms with Crippen molar-refractivity contribution in [2.45, 2.75) is 65.1 Å². The molecule has 5 rings (SSSR count). The summed E-state index contributed by atoms with van der Waals surface area (Å²) in [5.74, 6) is 0. The smallest absolute Gasteiger partial charge is 0.170 e. The molecule has 2 fully saturated rings. The molecule has 6 heteroatoms. The Morgan fingerprint density at radius 2 is 2.00 bits per heavy atom. The van der Waals surface area contributed by atoms with Gasteiger partial charge in [-0.1, -0.05) is 31.2 Å². The third-order valence-corrected chi connectivity index (χ3v) is 7.69. The van der Waals surface area contributed by atoms with Crippen LogP contribution in [0.25, 0.3) is 5.69 Å². The number of benzene rings is 1. The molecule has 5 nitrogen and oxygen atoms in total. The molecule has 0 bridgehead atoms. The molecule has 1 N–H and O–H groups in total. The fourth-order valence-corrected chi connectivity index (χ4v) is 6.02. The van der Waals surface area contributed by atoms with Gasteiger partial charge in [0.15, 0.2) is 5.11 Å². The summed E-state index contributed by atoms with van der Waals surface area (Å²) in [6, 6.07) is 15.1. The van der Waals surface area contributed by atoms with Crippen molar-refractivity contribution in [3.05, 3.63) is 82.4 Å². The number of hydrogen-bond acceptors (Lipinski definition) is 3. The molecule has 34 heavy (non-hydrogen) atoms. The van der Waals surface area contributed by atoms with Gasteiger partial charge in [-0.15, -0.1) is 0 Å². The summed E-state index contributed by atoms with van der Waals surface area (Å²) >= 11 is 5.89. The van der Waals surface area contributed by atoms with E-state index in [1.807, 2.05) is 12.3 Å². The van der Waals surface area contributed by atoms with Crippen LogP contribution in [0.1, 0.15) is 65.6 Å². The monoisotopic (exact) mass is 474 g/mol. The molecule has 2 saturated heterocycles. The molecule has 3 aromatic rings. The number of aryl methyl sites for hydroxylation is 3. The van der Waals surface area contributed by atoms with E-state index in [1.54, 1.807) is 0 Å². The van der Waals surface area contributed by atoms with E-state index in [-0.39, 0.29) is 18.2 Å². The number of nitrogens with one attached hydrogen (secondary N) is 1. The molecule has 0 saturated carbocycles.